The number of amides is 1. The van der Waals surface area contributed by atoms with E-state index in [0.717, 1.165) is 27.6 Å². The summed E-state index contributed by atoms with van der Waals surface area (Å²) >= 11 is 1.61. The van der Waals surface area contributed by atoms with E-state index in [1.54, 1.807) is 22.6 Å². The summed E-state index contributed by atoms with van der Waals surface area (Å²) in [5.41, 5.74) is 0.753. The highest BCUT2D eigenvalue weighted by molar-refractivity contribution is 7.99. The highest BCUT2D eigenvalue weighted by Crippen LogP contribution is 2.27. The fraction of sp³-hybridized carbons (Fsp3) is 0.360. The molecule has 4 aromatic rings. The number of benzene rings is 2. The Labute approximate surface area is 203 Å². The number of carbonyl (C=O) groups excluding carboxylic acids is 1. The average molecular weight is 479 g/mol. The lowest BCUT2D eigenvalue weighted by Crippen LogP contribution is -2.31. The Bertz CT molecular complexity index is 1290. The zero-order chi connectivity index (χ0) is 24.1. The van der Waals surface area contributed by atoms with Crippen molar-refractivity contribution < 1.29 is 9.53 Å². The second-order valence-corrected chi connectivity index (χ2v) is 10.1. The molecule has 0 radical (unpaired) electrons. The van der Waals surface area contributed by atoms with Gasteiger partial charge in [0.05, 0.1) is 18.1 Å². The van der Waals surface area contributed by atoms with Crippen molar-refractivity contribution in [3.05, 3.63) is 48.7 Å². The van der Waals surface area contributed by atoms with Crippen LogP contribution in [0, 0.1) is 0 Å². The Morgan fingerprint density at radius 3 is 2.65 bits per heavy atom. The SMILES string of the molecule is CC(C)Nc1nc(SC(C)C)nc2c1cnn2CCNC(=O)COc1ccc2ccccc2c1. The number of anilines is 1. The Kier molecular flexibility index (Phi) is 7.52. The van der Waals surface area contributed by atoms with Crippen LogP contribution >= 0.6 is 11.8 Å². The molecule has 0 bridgehead atoms. The van der Waals surface area contributed by atoms with Crippen molar-refractivity contribution in [2.45, 2.75) is 50.7 Å². The van der Waals surface area contributed by atoms with E-state index in [1.807, 2.05) is 42.5 Å². The molecule has 0 saturated heterocycles. The van der Waals surface area contributed by atoms with Crippen molar-refractivity contribution in [2.75, 3.05) is 18.5 Å². The van der Waals surface area contributed by atoms with Gasteiger partial charge in [-0.3, -0.25) is 4.79 Å². The first kappa shape index (κ1) is 23.8. The van der Waals surface area contributed by atoms with Gasteiger partial charge >= 0.3 is 0 Å². The molecule has 4 rings (SSSR count). The summed E-state index contributed by atoms with van der Waals surface area (Å²) < 4.78 is 7.48. The van der Waals surface area contributed by atoms with Crippen LogP contribution in [0.15, 0.2) is 53.8 Å². The number of nitrogens with one attached hydrogen (secondary N) is 2. The van der Waals surface area contributed by atoms with Crippen LogP contribution in [0.2, 0.25) is 0 Å². The van der Waals surface area contributed by atoms with Crippen LogP contribution in [0.1, 0.15) is 27.7 Å². The van der Waals surface area contributed by atoms with E-state index < -0.39 is 0 Å². The molecule has 2 aromatic heterocycles. The lowest BCUT2D eigenvalue weighted by Gasteiger charge is -2.13. The number of aromatic nitrogens is 4. The molecule has 0 atom stereocenters. The Hall–Kier alpha value is -3.33. The molecule has 0 aliphatic heterocycles. The zero-order valence-corrected chi connectivity index (χ0v) is 20.7. The van der Waals surface area contributed by atoms with Gasteiger partial charge in [-0.15, -0.1) is 0 Å². The number of ether oxygens (including phenoxy) is 1. The van der Waals surface area contributed by atoms with Crippen LogP contribution in [-0.2, 0) is 11.3 Å². The van der Waals surface area contributed by atoms with Crippen molar-refractivity contribution in [2.24, 2.45) is 0 Å². The minimum Gasteiger partial charge on any atom is -0.484 e. The summed E-state index contributed by atoms with van der Waals surface area (Å²) in [5.74, 6) is 1.27. The number of thioether (sulfide) groups is 1. The number of nitrogens with zero attached hydrogens (tertiary/aromatic N) is 4. The highest BCUT2D eigenvalue weighted by Gasteiger charge is 2.15. The van der Waals surface area contributed by atoms with Crippen LogP contribution in [0.4, 0.5) is 5.82 Å². The number of carbonyl (C=O) groups is 1. The smallest absolute Gasteiger partial charge is 0.258 e. The van der Waals surface area contributed by atoms with Crippen molar-refractivity contribution in [1.82, 2.24) is 25.1 Å². The van der Waals surface area contributed by atoms with Crippen LogP contribution in [0.25, 0.3) is 21.8 Å². The predicted octanol–water partition coefficient (Wildman–Crippen LogP) is 4.50. The lowest BCUT2D eigenvalue weighted by molar-refractivity contribution is -0.123. The monoisotopic (exact) mass is 478 g/mol. The molecule has 0 spiro atoms. The van der Waals surface area contributed by atoms with E-state index in [1.165, 1.54) is 0 Å². The number of rotatable bonds is 10. The maximum absolute atomic E-state index is 12.3. The lowest BCUT2D eigenvalue weighted by atomic mass is 10.1. The standard InChI is InChI=1S/C25H30N6O2S/c1-16(2)28-23-21-14-27-31(24(21)30-25(29-23)34-17(3)4)12-11-26-22(32)15-33-20-10-9-18-7-5-6-8-19(18)13-20/h5-10,13-14,16-17H,11-12,15H2,1-4H3,(H,26,32)(H,28,29,30). The van der Waals surface area contributed by atoms with E-state index in [0.29, 0.717) is 29.2 Å². The molecular formula is C25H30N6O2S. The number of hydrogen-bond acceptors (Lipinski definition) is 7. The molecule has 0 unspecified atom stereocenters. The summed E-state index contributed by atoms with van der Waals surface area (Å²) in [5, 5.41) is 14.9. The maximum Gasteiger partial charge on any atom is 0.258 e. The van der Waals surface area contributed by atoms with Gasteiger partial charge in [0.1, 0.15) is 11.6 Å². The maximum atomic E-state index is 12.3. The number of hydrogen-bond donors (Lipinski definition) is 2. The first-order valence-corrected chi connectivity index (χ1v) is 12.3. The van der Waals surface area contributed by atoms with E-state index in [4.69, 9.17) is 9.72 Å². The van der Waals surface area contributed by atoms with Gasteiger partial charge in [-0.2, -0.15) is 5.10 Å². The molecule has 34 heavy (non-hydrogen) atoms. The summed E-state index contributed by atoms with van der Waals surface area (Å²) in [6.45, 7) is 9.24. The van der Waals surface area contributed by atoms with Crippen molar-refractivity contribution in [3.63, 3.8) is 0 Å². The van der Waals surface area contributed by atoms with Crippen LogP contribution in [0.3, 0.4) is 0 Å². The second kappa shape index (κ2) is 10.7. The first-order chi connectivity index (χ1) is 16.4. The van der Waals surface area contributed by atoms with Crippen LogP contribution in [-0.4, -0.2) is 50.1 Å². The summed E-state index contributed by atoms with van der Waals surface area (Å²) in [6.07, 6.45) is 1.77. The van der Waals surface area contributed by atoms with E-state index >= 15 is 0 Å². The summed E-state index contributed by atoms with van der Waals surface area (Å²) in [4.78, 5) is 21.7. The third-order valence-electron chi connectivity index (χ3n) is 4.98. The van der Waals surface area contributed by atoms with Crippen LogP contribution < -0.4 is 15.4 Å². The largest absolute Gasteiger partial charge is 0.484 e. The predicted molar refractivity (Wildman–Crippen MR) is 138 cm³/mol. The molecule has 0 aliphatic rings. The molecule has 178 valence electrons. The van der Waals surface area contributed by atoms with Gasteiger partial charge in [-0.25, -0.2) is 14.6 Å². The number of fused-ring (bicyclic) bond motifs is 2. The molecule has 2 aromatic carbocycles. The Balaban J connectivity index is 1.37. The summed E-state index contributed by atoms with van der Waals surface area (Å²) in [6, 6.07) is 14.1. The van der Waals surface area contributed by atoms with Gasteiger partial charge in [0.25, 0.3) is 5.91 Å². The quantitative estimate of drug-likeness (QED) is 0.256. The van der Waals surface area contributed by atoms with Gasteiger partial charge < -0.3 is 15.4 Å². The topological polar surface area (TPSA) is 94.0 Å². The minimum atomic E-state index is -0.183. The van der Waals surface area contributed by atoms with Crippen molar-refractivity contribution >= 4 is 45.3 Å². The van der Waals surface area contributed by atoms with Gasteiger partial charge in [-0.05, 0) is 36.8 Å². The first-order valence-electron chi connectivity index (χ1n) is 11.4. The van der Waals surface area contributed by atoms with Gasteiger partial charge in [0.2, 0.25) is 0 Å². The molecule has 8 nitrogen and oxygen atoms in total. The average Bonchev–Trinajstić information content (AvgIpc) is 3.20. The zero-order valence-electron chi connectivity index (χ0n) is 19.9. The molecule has 2 N–H and O–H groups in total. The normalized spacial score (nSPS) is 11.5. The molecule has 9 heteroatoms. The van der Waals surface area contributed by atoms with Gasteiger partial charge in [0.15, 0.2) is 17.4 Å². The molecule has 1 amide bonds. The molecule has 0 aliphatic carbocycles. The molecule has 0 saturated carbocycles. The van der Waals surface area contributed by atoms with E-state index in [-0.39, 0.29) is 18.6 Å². The summed E-state index contributed by atoms with van der Waals surface area (Å²) in [7, 11) is 0. The fourth-order valence-corrected chi connectivity index (χ4v) is 4.21. The van der Waals surface area contributed by atoms with E-state index in [2.05, 4.69) is 48.4 Å². The van der Waals surface area contributed by atoms with Crippen molar-refractivity contribution in [1.29, 1.82) is 0 Å². The van der Waals surface area contributed by atoms with Gasteiger partial charge in [0, 0.05) is 17.8 Å². The third-order valence-corrected chi connectivity index (χ3v) is 5.84. The fourth-order valence-electron chi connectivity index (χ4n) is 3.50. The van der Waals surface area contributed by atoms with Crippen LogP contribution in [0.5, 0.6) is 5.75 Å². The molecule has 0 fully saturated rings. The molecule has 2 heterocycles. The van der Waals surface area contributed by atoms with E-state index in [9.17, 15) is 4.79 Å². The Morgan fingerprint density at radius 2 is 1.88 bits per heavy atom. The Morgan fingerprint density at radius 1 is 1.09 bits per heavy atom. The van der Waals surface area contributed by atoms with Crippen molar-refractivity contribution in [3.8, 4) is 5.75 Å². The second-order valence-electron chi connectivity index (χ2n) is 8.57. The highest BCUT2D eigenvalue weighted by atomic mass is 32.2. The minimum absolute atomic E-state index is 0.0437. The third kappa shape index (κ3) is 5.96. The van der Waals surface area contributed by atoms with Gasteiger partial charge in [-0.1, -0.05) is 55.9 Å². The molecular weight excluding hydrogens is 448 g/mol.